The van der Waals surface area contributed by atoms with Crippen molar-refractivity contribution in [3.63, 3.8) is 0 Å². The monoisotopic (exact) mass is 278 g/mol. The van der Waals surface area contributed by atoms with Crippen molar-refractivity contribution in [3.05, 3.63) is 17.3 Å². The van der Waals surface area contributed by atoms with Crippen molar-refractivity contribution >= 4 is 5.97 Å². The lowest BCUT2D eigenvalue weighted by Crippen LogP contribution is -2.41. The van der Waals surface area contributed by atoms with Crippen LogP contribution >= 0.6 is 0 Å². The van der Waals surface area contributed by atoms with E-state index in [4.69, 9.17) is 4.42 Å². The molecular formula is C15H22N2O3. The number of rotatable bonds is 3. The number of carbonyl (C=O) groups is 1. The fourth-order valence-electron chi connectivity index (χ4n) is 3.79. The van der Waals surface area contributed by atoms with Crippen LogP contribution in [0.5, 0.6) is 0 Å². The van der Waals surface area contributed by atoms with Crippen LogP contribution in [0.3, 0.4) is 0 Å². The Morgan fingerprint density at radius 2 is 2.15 bits per heavy atom. The van der Waals surface area contributed by atoms with Gasteiger partial charge in [-0.25, -0.2) is 4.98 Å². The van der Waals surface area contributed by atoms with Crippen LogP contribution in [0.4, 0.5) is 0 Å². The fourth-order valence-corrected chi connectivity index (χ4v) is 3.79. The maximum atomic E-state index is 11.5. The van der Waals surface area contributed by atoms with Crippen molar-refractivity contribution in [2.24, 2.45) is 5.92 Å². The zero-order valence-electron chi connectivity index (χ0n) is 12.1. The van der Waals surface area contributed by atoms with E-state index >= 15 is 0 Å². The molecule has 5 heteroatoms. The first-order chi connectivity index (χ1) is 9.56. The Kier molecular flexibility index (Phi) is 3.54. The molecule has 2 heterocycles. The van der Waals surface area contributed by atoms with E-state index in [-0.39, 0.29) is 6.04 Å². The summed E-state index contributed by atoms with van der Waals surface area (Å²) in [5.74, 6) is 1.30. The van der Waals surface area contributed by atoms with Crippen LogP contribution < -0.4 is 0 Å². The number of hydrogen-bond donors (Lipinski definition) is 1. The Hall–Kier alpha value is -1.36. The molecule has 20 heavy (non-hydrogen) atoms. The van der Waals surface area contributed by atoms with Crippen molar-refractivity contribution in [3.8, 4) is 0 Å². The molecule has 3 atom stereocenters. The molecule has 3 unspecified atom stereocenters. The maximum absolute atomic E-state index is 11.5. The molecule has 1 aromatic heterocycles. The van der Waals surface area contributed by atoms with Crippen LogP contribution in [0.1, 0.15) is 49.4 Å². The Balaban J connectivity index is 1.81. The van der Waals surface area contributed by atoms with Gasteiger partial charge >= 0.3 is 5.97 Å². The van der Waals surface area contributed by atoms with Gasteiger partial charge < -0.3 is 9.52 Å². The van der Waals surface area contributed by atoms with Crippen molar-refractivity contribution in [2.75, 3.05) is 0 Å². The molecule has 0 radical (unpaired) electrons. The largest absolute Gasteiger partial charge is 0.480 e. The molecule has 5 nitrogen and oxygen atoms in total. The summed E-state index contributed by atoms with van der Waals surface area (Å²) >= 11 is 0. The third-order valence-electron chi connectivity index (χ3n) is 4.90. The number of aryl methyl sites for hydroxylation is 2. The van der Waals surface area contributed by atoms with Gasteiger partial charge in [0.1, 0.15) is 11.8 Å². The minimum atomic E-state index is -0.709. The van der Waals surface area contributed by atoms with Crippen LogP contribution in [0.15, 0.2) is 4.42 Å². The van der Waals surface area contributed by atoms with E-state index in [2.05, 4.69) is 9.88 Å². The summed E-state index contributed by atoms with van der Waals surface area (Å²) in [6.45, 7) is 4.34. The minimum Gasteiger partial charge on any atom is -0.480 e. The highest BCUT2D eigenvalue weighted by molar-refractivity contribution is 5.74. The SMILES string of the molecule is Cc1nc(CN2C(C(=O)O)CC3CCCCC32)oc1C. The molecule has 1 saturated carbocycles. The zero-order chi connectivity index (χ0) is 14.3. The smallest absolute Gasteiger partial charge is 0.320 e. The van der Waals surface area contributed by atoms with Crippen LogP contribution in [-0.2, 0) is 11.3 Å². The second kappa shape index (κ2) is 5.20. The molecule has 0 spiro atoms. The summed E-state index contributed by atoms with van der Waals surface area (Å²) in [6, 6.07) is 0.00738. The Morgan fingerprint density at radius 1 is 1.40 bits per heavy atom. The predicted octanol–water partition coefficient (Wildman–Crippen LogP) is 2.51. The van der Waals surface area contributed by atoms with E-state index in [1.54, 1.807) is 0 Å². The molecule has 1 aliphatic heterocycles. The second-order valence-electron chi connectivity index (χ2n) is 6.12. The van der Waals surface area contributed by atoms with Crippen molar-refractivity contribution < 1.29 is 14.3 Å². The number of aromatic nitrogens is 1. The van der Waals surface area contributed by atoms with Gasteiger partial charge in [0, 0.05) is 6.04 Å². The third-order valence-corrected chi connectivity index (χ3v) is 4.90. The van der Waals surface area contributed by atoms with Crippen LogP contribution in [0, 0.1) is 19.8 Å². The predicted molar refractivity (Wildman–Crippen MR) is 73.3 cm³/mol. The maximum Gasteiger partial charge on any atom is 0.320 e. The van der Waals surface area contributed by atoms with Gasteiger partial charge in [-0.2, -0.15) is 0 Å². The van der Waals surface area contributed by atoms with Gasteiger partial charge in [-0.15, -0.1) is 0 Å². The summed E-state index contributed by atoms with van der Waals surface area (Å²) in [4.78, 5) is 18.0. The molecule has 1 aliphatic carbocycles. The Morgan fingerprint density at radius 3 is 2.80 bits per heavy atom. The van der Waals surface area contributed by atoms with Crippen LogP contribution in [-0.4, -0.2) is 33.0 Å². The third kappa shape index (κ3) is 2.35. The first kappa shape index (κ1) is 13.6. The van der Waals surface area contributed by atoms with Gasteiger partial charge in [-0.3, -0.25) is 9.69 Å². The lowest BCUT2D eigenvalue weighted by molar-refractivity contribution is -0.143. The number of carboxylic acid groups (broad SMARTS) is 1. The fraction of sp³-hybridized carbons (Fsp3) is 0.733. The van der Waals surface area contributed by atoms with E-state index in [0.29, 0.717) is 24.4 Å². The molecule has 2 fully saturated rings. The van der Waals surface area contributed by atoms with Gasteiger partial charge in [0.05, 0.1) is 12.2 Å². The zero-order valence-corrected chi connectivity index (χ0v) is 12.1. The van der Waals surface area contributed by atoms with E-state index in [1.165, 1.54) is 12.8 Å². The minimum absolute atomic E-state index is 0.379. The summed E-state index contributed by atoms with van der Waals surface area (Å²) in [6.07, 6.45) is 5.48. The Labute approximate surface area is 119 Å². The number of fused-ring (bicyclic) bond motifs is 1. The highest BCUT2D eigenvalue weighted by Crippen LogP contribution is 2.40. The number of aliphatic carboxylic acids is 1. The van der Waals surface area contributed by atoms with Gasteiger partial charge in [0.2, 0.25) is 5.89 Å². The summed E-state index contributed by atoms with van der Waals surface area (Å²) in [5.41, 5.74) is 0.895. The standard InChI is InChI=1S/C15H22N2O3/c1-9-10(2)20-14(16-9)8-17-12-6-4-3-5-11(12)7-13(17)15(18)19/h11-13H,3-8H2,1-2H3,(H,18,19). The Bertz CT molecular complexity index is 492. The highest BCUT2D eigenvalue weighted by atomic mass is 16.4. The molecule has 2 aliphatic rings. The molecular weight excluding hydrogens is 256 g/mol. The average molecular weight is 278 g/mol. The van der Waals surface area contributed by atoms with Crippen molar-refractivity contribution in [1.29, 1.82) is 0 Å². The molecule has 1 saturated heterocycles. The first-order valence-corrected chi connectivity index (χ1v) is 7.47. The molecule has 110 valence electrons. The van der Waals surface area contributed by atoms with Crippen LogP contribution in [0.2, 0.25) is 0 Å². The lowest BCUT2D eigenvalue weighted by Gasteiger charge is -2.32. The molecule has 1 aromatic rings. The van der Waals surface area contributed by atoms with Gasteiger partial charge in [-0.1, -0.05) is 12.8 Å². The molecule has 0 bridgehead atoms. The van der Waals surface area contributed by atoms with Crippen molar-refractivity contribution in [1.82, 2.24) is 9.88 Å². The highest BCUT2D eigenvalue weighted by Gasteiger charge is 2.45. The van der Waals surface area contributed by atoms with E-state index in [1.807, 2.05) is 13.8 Å². The summed E-state index contributed by atoms with van der Waals surface area (Å²) < 4.78 is 5.64. The first-order valence-electron chi connectivity index (χ1n) is 7.47. The van der Waals surface area contributed by atoms with E-state index in [0.717, 1.165) is 30.7 Å². The summed E-state index contributed by atoms with van der Waals surface area (Å²) in [7, 11) is 0. The topological polar surface area (TPSA) is 66.6 Å². The molecule has 3 rings (SSSR count). The van der Waals surface area contributed by atoms with Gasteiger partial charge in [0.15, 0.2) is 0 Å². The normalized spacial score (nSPS) is 30.4. The van der Waals surface area contributed by atoms with E-state index < -0.39 is 5.97 Å². The number of oxazole rings is 1. The van der Waals surface area contributed by atoms with Crippen molar-refractivity contribution in [2.45, 2.75) is 64.6 Å². The molecule has 0 aromatic carbocycles. The van der Waals surface area contributed by atoms with E-state index in [9.17, 15) is 9.90 Å². The molecule has 1 N–H and O–H groups in total. The number of hydrogen-bond acceptors (Lipinski definition) is 4. The molecule has 0 amide bonds. The quantitative estimate of drug-likeness (QED) is 0.920. The number of carboxylic acids is 1. The lowest BCUT2D eigenvalue weighted by atomic mass is 9.85. The average Bonchev–Trinajstić information content (AvgIpc) is 2.92. The van der Waals surface area contributed by atoms with Crippen LogP contribution in [0.25, 0.3) is 0 Å². The second-order valence-corrected chi connectivity index (χ2v) is 6.12. The van der Waals surface area contributed by atoms with Gasteiger partial charge in [0.25, 0.3) is 0 Å². The number of nitrogens with zero attached hydrogens (tertiary/aromatic N) is 2. The summed E-state index contributed by atoms with van der Waals surface area (Å²) in [5, 5.41) is 9.48. The van der Waals surface area contributed by atoms with Gasteiger partial charge in [-0.05, 0) is 39.0 Å². The number of likely N-dealkylation sites (tertiary alicyclic amines) is 1.